The Kier molecular flexibility index (Phi) is 5.10. The highest BCUT2D eigenvalue weighted by Gasteiger charge is 2.49. The third-order valence-electron chi connectivity index (χ3n) is 3.34. The summed E-state index contributed by atoms with van der Waals surface area (Å²) in [6.07, 6.45) is 0.943. The Balaban J connectivity index is 2.27. The van der Waals surface area contributed by atoms with Gasteiger partial charge in [0, 0.05) is 18.1 Å². The summed E-state index contributed by atoms with van der Waals surface area (Å²) in [5.41, 5.74) is -0.0987. The maximum atomic E-state index is 11.5. The van der Waals surface area contributed by atoms with Gasteiger partial charge in [0.2, 0.25) is 5.91 Å². The molecule has 1 aliphatic carbocycles. The topological polar surface area (TPSA) is 84.9 Å². The average molecular weight is 259 g/mol. The number of carboxylic acids is 1. The van der Waals surface area contributed by atoms with E-state index >= 15 is 0 Å². The second kappa shape index (κ2) is 6.15. The molecule has 1 amide bonds. The lowest BCUT2D eigenvalue weighted by Crippen LogP contribution is -2.62. The molecule has 2 atom stereocenters. The first-order chi connectivity index (χ1) is 8.37. The lowest BCUT2D eigenvalue weighted by atomic mass is 9.64. The number of aliphatic carboxylic acids is 1. The SMILES string of the molecule is CCOC1CC(NC(=O)COCC(=O)O)C1(C)C. The van der Waals surface area contributed by atoms with E-state index in [9.17, 15) is 9.59 Å². The minimum Gasteiger partial charge on any atom is -0.480 e. The molecule has 2 unspecified atom stereocenters. The zero-order chi connectivity index (χ0) is 13.8. The van der Waals surface area contributed by atoms with Crippen LogP contribution in [0.3, 0.4) is 0 Å². The van der Waals surface area contributed by atoms with Gasteiger partial charge in [-0.15, -0.1) is 0 Å². The van der Waals surface area contributed by atoms with Crippen molar-refractivity contribution >= 4 is 11.9 Å². The highest BCUT2D eigenvalue weighted by atomic mass is 16.5. The number of hydrogen-bond donors (Lipinski definition) is 2. The number of carboxylic acid groups (broad SMARTS) is 1. The first kappa shape index (κ1) is 14.9. The van der Waals surface area contributed by atoms with Crippen molar-refractivity contribution in [3.05, 3.63) is 0 Å². The van der Waals surface area contributed by atoms with Crippen LogP contribution >= 0.6 is 0 Å². The van der Waals surface area contributed by atoms with Gasteiger partial charge < -0.3 is 19.9 Å². The van der Waals surface area contributed by atoms with Crippen molar-refractivity contribution in [2.24, 2.45) is 5.41 Å². The van der Waals surface area contributed by atoms with Crippen LogP contribution < -0.4 is 5.32 Å². The second-order valence-electron chi connectivity index (χ2n) is 5.01. The molecule has 0 aromatic carbocycles. The maximum absolute atomic E-state index is 11.5. The van der Waals surface area contributed by atoms with Crippen LogP contribution in [0.4, 0.5) is 0 Å². The molecule has 1 fully saturated rings. The van der Waals surface area contributed by atoms with E-state index in [0.29, 0.717) is 6.61 Å². The predicted octanol–water partition coefficient (Wildman–Crippen LogP) is 0.407. The quantitative estimate of drug-likeness (QED) is 0.691. The number of hydrogen-bond acceptors (Lipinski definition) is 4. The first-order valence-corrected chi connectivity index (χ1v) is 6.08. The molecule has 0 heterocycles. The molecular formula is C12H21NO5. The van der Waals surface area contributed by atoms with Crippen LogP contribution in [-0.2, 0) is 19.1 Å². The highest BCUT2D eigenvalue weighted by Crippen LogP contribution is 2.42. The van der Waals surface area contributed by atoms with Gasteiger partial charge in [-0.2, -0.15) is 0 Å². The van der Waals surface area contributed by atoms with Crippen LogP contribution in [0, 0.1) is 5.41 Å². The Morgan fingerprint density at radius 2 is 2.06 bits per heavy atom. The molecule has 0 spiro atoms. The molecule has 6 nitrogen and oxygen atoms in total. The van der Waals surface area contributed by atoms with Crippen LogP contribution in [0.1, 0.15) is 27.2 Å². The molecule has 2 N–H and O–H groups in total. The smallest absolute Gasteiger partial charge is 0.329 e. The van der Waals surface area contributed by atoms with Crippen LogP contribution in [0.25, 0.3) is 0 Å². The van der Waals surface area contributed by atoms with Crippen LogP contribution in [0.5, 0.6) is 0 Å². The number of carbonyl (C=O) groups is 2. The van der Waals surface area contributed by atoms with Crippen molar-refractivity contribution < 1.29 is 24.2 Å². The molecule has 0 aliphatic heterocycles. The van der Waals surface area contributed by atoms with Gasteiger partial charge in [-0.05, 0) is 13.3 Å². The number of nitrogens with one attached hydrogen (secondary N) is 1. The van der Waals surface area contributed by atoms with Gasteiger partial charge in [-0.3, -0.25) is 4.79 Å². The van der Waals surface area contributed by atoms with Gasteiger partial charge in [0.1, 0.15) is 13.2 Å². The van der Waals surface area contributed by atoms with Gasteiger partial charge in [0.25, 0.3) is 0 Å². The molecule has 0 saturated heterocycles. The zero-order valence-corrected chi connectivity index (χ0v) is 11.1. The molecule has 0 bridgehead atoms. The number of rotatable bonds is 7. The number of carbonyl (C=O) groups excluding carboxylic acids is 1. The second-order valence-corrected chi connectivity index (χ2v) is 5.01. The van der Waals surface area contributed by atoms with Crippen LogP contribution in [-0.4, -0.2) is 48.9 Å². The average Bonchev–Trinajstić information content (AvgIpc) is 2.27. The predicted molar refractivity (Wildman–Crippen MR) is 64.2 cm³/mol. The Bertz CT molecular complexity index is 316. The Labute approximate surface area is 107 Å². The number of ether oxygens (including phenoxy) is 2. The molecular weight excluding hydrogens is 238 g/mol. The van der Waals surface area contributed by atoms with Gasteiger partial charge in [0.05, 0.1) is 6.10 Å². The molecule has 0 aromatic rings. The van der Waals surface area contributed by atoms with Gasteiger partial charge >= 0.3 is 5.97 Å². The van der Waals surface area contributed by atoms with Crippen LogP contribution in [0.15, 0.2) is 0 Å². The van der Waals surface area contributed by atoms with Gasteiger partial charge in [-0.25, -0.2) is 4.79 Å². The van der Waals surface area contributed by atoms with E-state index in [0.717, 1.165) is 6.42 Å². The van der Waals surface area contributed by atoms with Crippen molar-refractivity contribution in [1.29, 1.82) is 0 Å². The molecule has 1 saturated carbocycles. The van der Waals surface area contributed by atoms with E-state index in [2.05, 4.69) is 5.32 Å². The fourth-order valence-corrected chi connectivity index (χ4v) is 2.08. The van der Waals surface area contributed by atoms with Gasteiger partial charge in [-0.1, -0.05) is 13.8 Å². The summed E-state index contributed by atoms with van der Waals surface area (Å²) in [7, 11) is 0. The minimum atomic E-state index is -1.08. The summed E-state index contributed by atoms with van der Waals surface area (Å²) in [5, 5.41) is 11.2. The van der Waals surface area contributed by atoms with E-state index in [1.165, 1.54) is 0 Å². The van der Waals surface area contributed by atoms with Crippen molar-refractivity contribution in [2.75, 3.05) is 19.8 Å². The third kappa shape index (κ3) is 3.68. The molecule has 0 aromatic heterocycles. The monoisotopic (exact) mass is 259 g/mol. The van der Waals surface area contributed by atoms with Gasteiger partial charge in [0.15, 0.2) is 0 Å². The minimum absolute atomic E-state index is 0.0509. The summed E-state index contributed by atoms with van der Waals surface area (Å²) in [6, 6.07) is 0.0509. The third-order valence-corrected chi connectivity index (χ3v) is 3.34. The van der Waals surface area contributed by atoms with Crippen molar-refractivity contribution in [3.63, 3.8) is 0 Å². The van der Waals surface area contributed by atoms with E-state index in [1.807, 2.05) is 20.8 Å². The number of amides is 1. The van der Waals surface area contributed by atoms with Crippen LogP contribution in [0.2, 0.25) is 0 Å². The summed E-state index contributed by atoms with van der Waals surface area (Å²) in [4.78, 5) is 21.7. The van der Waals surface area contributed by atoms with E-state index < -0.39 is 12.6 Å². The Morgan fingerprint density at radius 3 is 2.56 bits per heavy atom. The summed E-state index contributed by atoms with van der Waals surface area (Å²) in [5.74, 6) is -1.37. The fourth-order valence-electron chi connectivity index (χ4n) is 2.08. The first-order valence-electron chi connectivity index (χ1n) is 6.08. The van der Waals surface area contributed by atoms with Crippen molar-refractivity contribution in [3.8, 4) is 0 Å². The lowest BCUT2D eigenvalue weighted by molar-refractivity contribution is -0.146. The van der Waals surface area contributed by atoms with E-state index in [4.69, 9.17) is 14.6 Å². The van der Waals surface area contributed by atoms with E-state index in [1.54, 1.807) is 0 Å². The summed E-state index contributed by atoms with van der Waals surface area (Å²) >= 11 is 0. The molecule has 6 heteroatoms. The molecule has 1 aliphatic rings. The molecule has 0 radical (unpaired) electrons. The lowest BCUT2D eigenvalue weighted by Gasteiger charge is -2.51. The normalized spacial score (nSPS) is 25.3. The van der Waals surface area contributed by atoms with Crippen molar-refractivity contribution in [1.82, 2.24) is 5.32 Å². The largest absolute Gasteiger partial charge is 0.480 e. The Morgan fingerprint density at radius 1 is 1.39 bits per heavy atom. The maximum Gasteiger partial charge on any atom is 0.329 e. The summed E-state index contributed by atoms with van der Waals surface area (Å²) < 4.78 is 10.3. The fraction of sp³-hybridized carbons (Fsp3) is 0.833. The molecule has 1 rings (SSSR count). The highest BCUT2D eigenvalue weighted by molar-refractivity contribution is 5.78. The van der Waals surface area contributed by atoms with Crippen molar-refractivity contribution in [2.45, 2.75) is 39.3 Å². The standard InChI is InChI=1S/C12H21NO5/c1-4-18-9-5-8(12(9,2)3)13-10(14)6-17-7-11(15)16/h8-9H,4-7H2,1-3H3,(H,13,14)(H,15,16). The molecule has 18 heavy (non-hydrogen) atoms. The van der Waals surface area contributed by atoms with E-state index in [-0.39, 0.29) is 30.1 Å². The Hall–Kier alpha value is -1.14. The molecule has 104 valence electrons. The zero-order valence-electron chi connectivity index (χ0n) is 11.1. The summed E-state index contributed by atoms with van der Waals surface area (Å²) in [6.45, 7) is 6.01.